The third-order valence-electron chi connectivity index (χ3n) is 1.12. The number of aromatic nitrogens is 1. The highest BCUT2D eigenvalue weighted by atomic mass is 79.9. The van der Waals surface area contributed by atoms with Gasteiger partial charge >= 0.3 is 6.18 Å². The third-order valence-corrected chi connectivity index (χ3v) is 1.85. The Labute approximate surface area is 79.7 Å². The monoisotopic (exact) mass is 259 g/mol. The Kier molecular flexibility index (Phi) is 2.63. The molecule has 0 fully saturated rings. The molecule has 0 saturated heterocycles. The standard InChI is InChI=1S/C6H2BrClF3N/c7-4-2-1-3(5(8)12-4)6(9,10)11/h1-2H. The van der Waals surface area contributed by atoms with E-state index in [0.29, 0.717) is 0 Å². The van der Waals surface area contributed by atoms with Crippen molar-refractivity contribution in [2.75, 3.05) is 0 Å². The first kappa shape index (κ1) is 9.80. The van der Waals surface area contributed by atoms with Crippen molar-refractivity contribution in [2.45, 2.75) is 6.18 Å². The van der Waals surface area contributed by atoms with Crippen LogP contribution < -0.4 is 0 Å². The summed E-state index contributed by atoms with van der Waals surface area (Å²) in [6.07, 6.45) is -4.44. The van der Waals surface area contributed by atoms with E-state index in [2.05, 4.69) is 20.9 Å². The van der Waals surface area contributed by atoms with E-state index in [0.717, 1.165) is 6.07 Å². The van der Waals surface area contributed by atoms with Crippen molar-refractivity contribution in [3.63, 3.8) is 0 Å². The average molecular weight is 260 g/mol. The van der Waals surface area contributed by atoms with Gasteiger partial charge in [0.05, 0.1) is 5.56 Å². The van der Waals surface area contributed by atoms with Gasteiger partial charge in [0.15, 0.2) is 0 Å². The SMILES string of the molecule is FC(F)(F)c1ccc(Br)nc1Cl. The minimum Gasteiger partial charge on any atom is -0.229 e. The summed E-state index contributed by atoms with van der Waals surface area (Å²) in [5.41, 5.74) is -0.924. The summed E-state index contributed by atoms with van der Waals surface area (Å²) in [6.45, 7) is 0. The molecule has 0 aliphatic rings. The summed E-state index contributed by atoms with van der Waals surface area (Å²) in [5.74, 6) is 0. The van der Waals surface area contributed by atoms with Gasteiger partial charge in [-0.15, -0.1) is 0 Å². The number of halogens is 5. The molecule has 1 aromatic heterocycles. The smallest absolute Gasteiger partial charge is 0.229 e. The lowest BCUT2D eigenvalue weighted by Gasteiger charge is -2.07. The molecule has 0 aliphatic heterocycles. The summed E-state index contributed by atoms with van der Waals surface area (Å²) < 4.78 is 36.4. The molecule has 66 valence electrons. The molecule has 1 heterocycles. The molecule has 0 bridgehead atoms. The van der Waals surface area contributed by atoms with Crippen LogP contribution >= 0.6 is 27.5 Å². The maximum Gasteiger partial charge on any atom is 0.419 e. The van der Waals surface area contributed by atoms with Crippen LogP contribution in [0, 0.1) is 0 Å². The van der Waals surface area contributed by atoms with Gasteiger partial charge in [-0.25, -0.2) is 4.98 Å². The van der Waals surface area contributed by atoms with E-state index in [9.17, 15) is 13.2 Å². The molecule has 0 amide bonds. The molecule has 1 nitrogen and oxygen atoms in total. The topological polar surface area (TPSA) is 12.9 Å². The minimum absolute atomic E-state index is 0.278. The zero-order valence-electron chi connectivity index (χ0n) is 5.49. The van der Waals surface area contributed by atoms with Crippen LogP contribution in [0.2, 0.25) is 5.15 Å². The lowest BCUT2D eigenvalue weighted by atomic mass is 10.3. The summed E-state index contributed by atoms with van der Waals surface area (Å²) in [6, 6.07) is 2.06. The fraction of sp³-hybridized carbons (Fsp3) is 0.167. The number of alkyl halides is 3. The predicted octanol–water partition coefficient (Wildman–Crippen LogP) is 3.52. The lowest BCUT2D eigenvalue weighted by molar-refractivity contribution is -0.137. The highest BCUT2D eigenvalue weighted by Crippen LogP contribution is 2.33. The number of hydrogen-bond donors (Lipinski definition) is 0. The first-order chi connectivity index (χ1) is 5.41. The van der Waals surface area contributed by atoms with Gasteiger partial charge in [0.1, 0.15) is 9.76 Å². The Morgan fingerprint density at radius 1 is 1.33 bits per heavy atom. The van der Waals surface area contributed by atoms with Crippen LogP contribution in [0.3, 0.4) is 0 Å². The average Bonchev–Trinajstić information content (AvgIpc) is 1.83. The molecule has 0 spiro atoms. The van der Waals surface area contributed by atoms with Gasteiger partial charge < -0.3 is 0 Å². The molecule has 6 heteroatoms. The van der Waals surface area contributed by atoms with E-state index in [1.165, 1.54) is 6.07 Å². The van der Waals surface area contributed by atoms with Gasteiger partial charge in [-0.2, -0.15) is 13.2 Å². The van der Waals surface area contributed by atoms with Crippen LogP contribution in [0.1, 0.15) is 5.56 Å². The van der Waals surface area contributed by atoms with Crippen LogP contribution in [0.25, 0.3) is 0 Å². The van der Waals surface area contributed by atoms with E-state index < -0.39 is 16.9 Å². The summed E-state index contributed by atoms with van der Waals surface area (Å²) in [7, 11) is 0. The van der Waals surface area contributed by atoms with Gasteiger partial charge in [-0.3, -0.25) is 0 Å². The van der Waals surface area contributed by atoms with Gasteiger partial charge in [0.25, 0.3) is 0 Å². The fourth-order valence-electron chi connectivity index (χ4n) is 0.624. The number of hydrogen-bond acceptors (Lipinski definition) is 1. The highest BCUT2D eigenvalue weighted by Gasteiger charge is 2.33. The van der Waals surface area contributed by atoms with Crippen LogP contribution in [-0.4, -0.2) is 4.98 Å². The molecule has 0 aromatic carbocycles. The molecule has 0 unspecified atom stereocenters. The number of nitrogens with zero attached hydrogens (tertiary/aromatic N) is 1. The van der Waals surface area contributed by atoms with Crippen molar-refractivity contribution in [3.8, 4) is 0 Å². The zero-order valence-corrected chi connectivity index (χ0v) is 7.83. The van der Waals surface area contributed by atoms with E-state index in [1.54, 1.807) is 0 Å². The molecule has 1 aromatic rings. The predicted molar refractivity (Wildman–Crippen MR) is 41.9 cm³/mol. The van der Waals surface area contributed by atoms with Crippen LogP contribution in [-0.2, 0) is 6.18 Å². The number of pyridine rings is 1. The van der Waals surface area contributed by atoms with E-state index >= 15 is 0 Å². The Balaban J connectivity index is 3.19. The molecule has 0 saturated carbocycles. The maximum atomic E-state index is 12.0. The van der Waals surface area contributed by atoms with E-state index in [4.69, 9.17) is 11.6 Å². The highest BCUT2D eigenvalue weighted by molar-refractivity contribution is 9.10. The first-order valence-corrected chi connectivity index (χ1v) is 3.97. The molecular formula is C6H2BrClF3N. The van der Waals surface area contributed by atoms with Crippen molar-refractivity contribution >= 4 is 27.5 Å². The van der Waals surface area contributed by atoms with Gasteiger partial charge in [0, 0.05) is 0 Å². The normalized spacial score (nSPS) is 11.8. The minimum atomic E-state index is -4.44. The summed E-state index contributed by atoms with van der Waals surface area (Å²) in [4.78, 5) is 3.40. The van der Waals surface area contributed by atoms with E-state index in [-0.39, 0.29) is 4.60 Å². The molecule has 12 heavy (non-hydrogen) atoms. The van der Waals surface area contributed by atoms with Crippen LogP contribution in [0.15, 0.2) is 16.7 Å². The second kappa shape index (κ2) is 3.22. The summed E-state index contributed by atoms with van der Waals surface area (Å²) >= 11 is 8.15. The molecule has 0 aliphatic carbocycles. The van der Waals surface area contributed by atoms with Gasteiger partial charge in [0.2, 0.25) is 0 Å². The summed E-state index contributed by atoms with van der Waals surface area (Å²) in [5, 5.41) is -0.545. The Hall–Kier alpha value is -0.290. The molecule has 0 N–H and O–H groups in total. The van der Waals surface area contributed by atoms with Crippen molar-refractivity contribution in [3.05, 3.63) is 27.5 Å². The van der Waals surface area contributed by atoms with Crippen LogP contribution in [0.5, 0.6) is 0 Å². The van der Waals surface area contributed by atoms with Crippen molar-refractivity contribution in [1.82, 2.24) is 4.98 Å². The van der Waals surface area contributed by atoms with Gasteiger partial charge in [-0.1, -0.05) is 11.6 Å². The first-order valence-electron chi connectivity index (χ1n) is 2.80. The Bertz CT molecular complexity index is 299. The molecule has 1 rings (SSSR count). The van der Waals surface area contributed by atoms with Crippen molar-refractivity contribution in [2.24, 2.45) is 0 Å². The number of rotatable bonds is 0. The molecular weight excluding hydrogens is 258 g/mol. The Morgan fingerprint density at radius 2 is 1.92 bits per heavy atom. The maximum absolute atomic E-state index is 12.0. The lowest BCUT2D eigenvalue weighted by Crippen LogP contribution is -2.06. The third kappa shape index (κ3) is 2.10. The van der Waals surface area contributed by atoms with Crippen LogP contribution in [0.4, 0.5) is 13.2 Å². The van der Waals surface area contributed by atoms with Crippen molar-refractivity contribution < 1.29 is 13.2 Å². The molecule has 0 radical (unpaired) electrons. The Morgan fingerprint density at radius 3 is 2.33 bits per heavy atom. The molecule has 0 atom stereocenters. The van der Waals surface area contributed by atoms with Gasteiger partial charge in [-0.05, 0) is 28.1 Å². The zero-order chi connectivity index (χ0) is 9.35. The second-order valence-corrected chi connectivity index (χ2v) is 3.14. The fourth-order valence-corrected chi connectivity index (χ4v) is 1.30. The van der Waals surface area contributed by atoms with E-state index in [1.807, 2.05) is 0 Å². The quantitative estimate of drug-likeness (QED) is 0.650. The second-order valence-electron chi connectivity index (χ2n) is 1.97. The largest absolute Gasteiger partial charge is 0.419 e. The van der Waals surface area contributed by atoms with Crippen molar-refractivity contribution in [1.29, 1.82) is 0 Å².